The summed E-state index contributed by atoms with van der Waals surface area (Å²) in [5, 5.41) is 1.67. The van der Waals surface area contributed by atoms with Crippen LogP contribution in [-0.2, 0) is 4.79 Å². The van der Waals surface area contributed by atoms with Crippen molar-refractivity contribution < 1.29 is 4.79 Å². The second-order valence-corrected chi connectivity index (χ2v) is 6.14. The maximum absolute atomic E-state index is 11.5. The Morgan fingerprint density at radius 2 is 2.05 bits per heavy atom. The third-order valence-electron chi connectivity index (χ3n) is 4.38. The quantitative estimate of drug-likeness (QED) is 0.854. The summed E-state index contributed by atoms with van der Waals surface area (Å²) >= 11 is 6.11. The lowest BCUT2D eigenvalue weighted by Gasteiger charge is -2.37. The average Bonchev–Trinajstić information content (AvgIpc) is 2.53. The van der Waals surface area contributed by atoms with Crippen molar-refractivity contribution in [3.05, 3.63) is 29.5 Å². The Kier molecular flexibility index (Phi) is 4.16. The number of carbonyl (C=O) groups excluding carboxylic acids is 1. The molecular formula is C16H19ClN4O. The fourth-order valence-corrected chi connectivity index (χ4v) is 3.16. The van der Waals surface area contributed by atoms with Gasteiger partial charge in [0.05, 0.1) is 5.52 Å². The molecule has 1 aliphatic rings. The highest BCUT2D eigenvalue weighted by Crippen LogP contribution is 2.28. The maximum atomic E-state index is 11.5. The van der Waals surface area contributed by atoms with Gasteiger partial charge in [-0.05, 0) is 31.0 Å². The van der Waals surface area contributed by atoms with Crippen molar-refractivity contribution in [2.24, 2.45) is 0 Å². The number of hydrogen-bond donors (Lipinski definition) is 0. The first-order valence-corrected chi connectivity index (χ1v) is 7.82. The van der Waals surface area contributed by atoms with E-state index in [1.807, 2.05) is 30.1 Å². The van der Waals surface area contributed by atoms with Crippen molar-refractivity contribution in [1.82, 2.24) is 14.9 Å². The molecular weight excluding hydrogens is 300 g/mol. The Morgan fingerprint density at radius 1 is 1.32 bits per heavy atom. The molecule has 1 amide bonds. The Labute approximate surface area is 134 Å². The first kappa shape index (κ1) is 15.0. The number of hydrogen-bond acceptors (Lipinski definition) is 4. The van der Waals surface area contributed by atoms with Crippen LogP contribution in [0, 0.1) is 0 Å². The lowest BCUT2D eigenvalue weighted by Crippen LogP contribution is -2.45. The van der Waals surface area contributed by atoms with Crippen molar-refractivity contribution in [2.45, 2.75) is 25.8 Å². The van der Waals surface area contributed by atoms with E-state index in [2.05, 4.69) is 14.9 Å². The Hall–Kier alpha value is -1.88. The van der Waals surface area contributed by atoms with Gasteiger partial charge in [0.1, 0.15) is 12.1 Å². The van der Waals surface area contributed by atoms with E-state index in [-0.39, 0.29) is 5.91 Å². The fourth-order valence-electron chi connectivity index (χ4n) is 2.99. The van der Waals surface area contributed by atoms with Crippen LogP contribution in [0.5, 0.6) is 0 Å². The molecule has 116 valence electrons. The standard InChI is InChI=1S/C16H19ClN4O/c1-11(22)20(2)13-5-7-21(8-6-13)16-14-9-12(17)3-4-15(14)18-10-19-16/h3-4,9-10,13H,5-8H2,1-2H3. The molecule has 1 aromatic heterocycles. The molecule has 1 saturated heterocycles. The zero-order chi connectivity index (χ0) is 15.7. The zero-order valence-electron chi connectivity index (χ0n) is 12.8. The van der Waals surface area contributed by atoms with Crippen molar-refractivity contribution >= 4 is 34.2 Å². The van der Waals surface area contributed by atoms with E-state index in [9.17, 15) is 4.79 Å². The number of piperidine rings is 1. The number of anilines is 1. The third-order valence-corrected chi connectivity index (χ3v) is 4.62. The van der Waals surface area contributed by atoms with E-state index in [0.717, 1.165) is 42.7 Å². The van der Waals surface area contributed by atoms with E-state index in [1.54, 1.807) is 13.3 Å². The highest BCUT2D eigenvalue weighted by molar-refractivity contribution is 6.31. The summed E-state index contributed by atoms with van der Waals surface area (Å²) in [6, 6.07) is 5.99. The Balaban J connectivity index is 1.82. The predicted molar refractivity (Wildman–Crippen MR) is 88.2 cm³/mol. The molecule has 0 unspecified atom stereocenters. The lowest BCUT2D eigenvalue weighted by atomic mass is 10.0. The molecule has 2 aromatic rings. The monoisotopic (exact) mass is 318 g/mol. The molecule has 0 saturated carbocycles. The minimum absolute atomic E-state index is 0.123. The molecule has 0 atom stereocenters. The van der Waals surface area contributed by atoms with E-state index < -0.39 is 0 Å². The summed E-state index contributed by atoms with van der Waals surface area (Å²) in [5.41, 5.74) is 0.900. The van der Waals surface area contributed by atoms with E-state index in [0.29, 0.717) is 11.1 Å². The largest absolute Gasteiger partial charge is 0.356 e. The molecule has 1 fully saturated rings. The van der Waals surface area contributed by atoms with Crippen LogP contribution in [0.2, 0.25) is 5.02 Å². The highest BCUT2D eigenvalue weighted by Gasteiger charge is 2.25. The van der Waals surface area contributed by atoms with Gasteiger partial charge < -0.3 is 9.80 Å². The first-order chi connectivity index (χ1) is 10.6. The molecule has 1 aliphatic heterocycles. The number of aromatic nitrogens is 2. The Morgan fingerprint density at radius 3 is 2.73 bits per heavy atom. The molecule has 5 nitrogen and oxygen atoms in total. The van der Waals surface area contributed by atoms with Crippen molar-refractivity contribution in [1.29, 1.82) is 0 Å². The molecule has 0 N–H and O–H groups in total. The third kappa shape index (κ3) is 2.86. The van der Waals surface area contributed by atoms with Crippen LogP contribution in [-0.4, -0.2) is 47.0 Å². The minimum Gasteiger partial charge on any atom is -0.356 e. The molecule has 2 heterocycles. The van der Waals surface area contributed by atoms with Crippen molar-refractivity contribution in [3.63, 3.8) is 0 Å². The van der Waals surface area contributed by atoms with Gasteiger partial charge in [0.2, 0.25) is 5.91 Å². The molecule has 22 heavy (non-hydrogen) atoms. The summed E-state index contributed by atoms with van der Waals surface area (Å²) in [5.74, 6) is 1.05. The molecule has 6 heteroatoms. The van der Waals surface area contributed by atoms with Crippen LogP contribution in [0.1, 0.15) is 19.8 Å². The first-order valence-electron chi connectivity index (χ1n) is 7.45. The fraction of sp³-hybridized carbons (Fsp3) is 0.438. The smallest absolute Gasteiger partial charge is 0.219 e. The number of amides is 1. The van der Waals surface area contributed by atoms with Crippen molar-refractivity contribution in [3.8, 4) is 0 Å². The second-order valence-electron chi connectivity index (χ2n) is 5.71. The molecule has 0 aliphatic carbocycles. The highest BCUT2D eigenvalue weighted by atomic mass is 35.5. The van der Waals surface area contributed by atoms with E-state index in [1.165, 1.54) is 0 Å². The lowest BCUT2D eigenvalue weighted by molar-refractivity contribution is -0.129. The minimum atomic E-state index is 0.123. The predicted octanol–water partition coefficient (Wildman–Crippen LogP) is 2.73. The summed E-state index contributed by atoms with van der Waals surface area (Å²) < 4.78 is 0. The van der Waals surface area contributed by atoms with Gasteiger partial charge in [-0.3, -0.25) is 4.79 Å². The number of halogens is 1. The van der Waals surface area contributed by atoms with Gasteiger partial charge in [-0.2, -0.15) is 0 Å². The molecule has 0 bridgehead atoms. The number of benzene rings is 1. The van der Waals surface area contributed by atoms with Crippen LogP contribution in [0.25, 0.3) is 10.9 Å². The van der Waals surface area contributed by atoms with Gasteiger partial charge in [0, 0.05) is 43.5 Å². The molecule has 0 radical (unpaired) electrons. The summed E-state index contributed by atoms with van der Waals surface area (Å²) in [6.07, 6.45) is 3.49. The van der Waals surface area contributed by atoms with Crippen LogP contribution in [0.4, 0.5) is 5.82 Å². The number of fused-ring (bicyclic) bond motifs is 1. The second kappa shape index (κ2) is 6.08. The molecule has 3 rings (SSSR count). The SMILES string of the molecule is CC(=O)N(C)C1CCN(c2ncnc3ccc(Cl)cc23)CC1. The van der Waals surface area contributed by atoms with E-state index >= 15 is 0 Å². The average molecular weight is 319 g/mol. The van der Waals surface area contributed by atoms with Crippen LogP contribution in [0.15, 0.2) is 24.5 Å². The van der Waals surface area contributed by atoms with Gasteiger partial charge in [-0.1, -0.05) is 11.6 Å². The van der Waals surface area contributed by atoms with Gasteiger partial charge in [-0.15, -0.1) is 0 Å². The summed E-state index contributed by atoms with van der Waals surface area (Å²) in [6.45, 7) is 3.37. The van der Waals surface area contributed by atoms with Crippen LogP contribution in [0.3, 0.4) is 0 Å². The van der Waals surface area contributed by atoms with Crippen LogP contribution >= 0.6 is 11.6 Å². The number of carbonyl (C=O) groups is 1. The number of rotatable bonds is 2. The number of nitrogens with zero attached hydrogens (tertiary/aromatic N) is 4. The van der Waals surface area contributed by atoms with Gasteiger partial charge in [-0.25, -0.2) is 9.97 Å². The topological polar surface area (TPSA) is 49.3 Å². The zero-order valence-corrected chi connectivity index (χ0v) is 13.5. The maximum Gasteiger partial charge on any atom is 0.219 e. The van der Waals surface area contributed by atoms with Gasteiger partial charge >= 0.3 is 0 Å². The molecule has 0 spiro atoms. The summed E-state index contributed by atoms with van der Waals surface area (Å²) in [7, 11) is 1.88. The Bertz CT molecular complexity index is 698. The van der Waals surface area contributed by atoms with Crippen LogP contribution < -0.4 is 4.90 Å². The summed E-state index contributed by atoms with van der Waals surface area (Å²) in [4.78, 5) is 24.3. The van der Waals surface area contributed by atoms with Gasteiger partial charge in [0.25, 0.3) is 0 Å². The van der Waals surface area contributed by atoms with Crippen molar-refractivity contribution in [2.75, 3.05) is 25.0 Å². The molecule has 1 aromatic carbocycles. The van der Waals surface area contributed by atoms with Gasteiger partial charge in [0.15, 0.2) is 0 Å². The normalized spacial score (nSPS) is 16.0. The van der Waals surface area contributed by atoms with E-state index in [4.69, 9.17) is 11.6 Å².